The fourth-order valence-electron chi connectivity index (χ4n) is 1.56. The van der Waals surface area contributed by atoms with Gasteiger partial charge in [-0.2, -0.15) is 0 Å². The largest absolute Gasteiger partial charge is 0.260 e. The molecule has 0 aliphatic rings. The molecule has 0 spiro atoms. The molecule has 1 aromatic carbocycles. The molecule has 1 aromatic heterocycles. The number of hydrogen-bond donors (Lipinski definition) is 0. The molecule has 1 nitrogen and oxygen atoms in total. The van der Waals surface area contributed by atoms with Crippen LogP contribution in [-0.4, -0.2) is 4.98 Å². The minimum Gasteiger partial charge on any atom is -0.260 e. The van der Waals surface area contributed by atoms with Gasteiger partial charge in [-0.1, -0.05) is 32.0 Å². The number of aromatic nitrogens is 1. The van der Waals surface area contributed by atoms with Crippen molar-refractivity contribution in [2.24, 2.45) is 0 Å². The van der Waals surface area contributed by atoms with E-state index in [1.165, 1.54) is 12.1 Å². The first-order valence-corrected chi connectivity index (χ1v) is 5.38. The second kappa shape index (κ2) is 4.44. The predicted octanol–water partition coefficient (Wildman–Crippen LogP) is 4.01. The Morgan fingerprint density at radius 2 is 1.56 bits per heavy atom. The molecule has 0 N–H and O–H groups in total. The highest BCUT2D eigenvalue weighted by Crippen LogP contribution is 2.20. The lowest BCUT2D eigenvalue weighted by Gasteiger charge is -2.05. The van der Waals surface area contributed by atoms with Crippen molar-refractivity contribution in [2.75, 3.05) is 0 Å². The van der Waals surface area contributed by atoms with Crippen LogP contribution in [-0.2, 0) is 0 Å². The van der Waals surface area contributed by atoms with Crippen LogP contribution in [0.3, 0.4) is 0 Å². The predicted molar refractivity (Wildman–Crippen MR) is 63.7 cm³/mol. The summed E-state index contributed by atoms with van der Waals surface area (Å²) in [6.07, 6.45) is 1.84. The second-order valence-corrected chi connectivity index (χ2v) is 4.13. The third-order valence-corrected chi connectivity index (χ3v) is 2.56. The van der Waals surface area contributed by atoms with Gasteiger partial charge in [-0.3, -0.25) is 4.98 Å². The second-order valence-electron chi connectivity index (χ2n) is 4.13. The molecule has 0 bridgehead atoms. The number of rotatable bonds is 2. The molecule has 0 fully saturated rings. The summed E-state index contributed by atoms with van der Waals surface area (Å²) in [5.74, 6) is 0.220. The topological polar surface area (TPSA) is 12.9 Å². The van der Waals surface area contributed by atoms with Crippen LogP contribution in [0.5, 0.6) is 0 Å². The Bertz CT molecular complexity index is 457. The Kier molecular flexibility index (Phi) is 3.00. The molecule has 0 saturated carbocycles. The van der Waals surface area contributed by atoms with Crippen molar-refractivity contribution >= 4 is 0 Å². The van der Waals surface area contributed by atoms with E-state index < -0.39 is 0 Å². The molecule has 2 aromatic rings. The molecule has 1 heterocycles. The van der Waals surface area contributed by atoms with Crippen LogP contribution < -0.4 is 0 Å². The van der Waals surface area contributed by atoms with Crippen molar-refractivity contribution in [1.82, 2.24) is 4.98 Å². The van der Waals surface area contributed by atoms with Gasteiger partial charge in [0, 0.05) is 17.5 Å². The van der Waals surface area contributed by atoms with E-state index >= 15 is 0 Å². The summed E-state index contributed by atoms with van der Waals surface area (Å²) in [5.41, 5.74) is 3.08. The smallest absolute Gasteiger partial charge is 0.123 e. The van der Waals surface area contributed by atoms with Crippen LogP contribution in [0, 0.1) is 5.82 Å². The van der Waals surface area contributed by atoms with E-state index in [0.29, 0.717) is 5.92 Å². The fraction of sp³-hybridized carbons (Fsp3) is 0.214. The van der Waals surface area contributed by atoms with E-state index in [2.05, 4.69) is 18.8 Å². The summed E-state index contributed by atoms with van der Waals surface area (Å²) in [6.45, 7) is 4.22. The SMILES string of the molecule is CC(C)c1ccc(-c2ccc(F)cc2)cn1. The van der Waals surface area contributed by atoms with Crippen LogP contribution >= 0.6 is 0 Å². The van der Waals surface area contributed by atoms with E-state index in [4.69, 9.17) is 0 Å². The molecule has 0 amide bonds. The maximum absolute atomic E-state index is 12.8. The molecule has 0 atom stereocenters. The molecule has 0 saturated heterocycles. The number of pyridine rings is 1. The Morgan fingerprint density at radius 3 is 2.06 bits per heavy atom. The summed E-state index contributed by atoms with van der Waals surface area (Å²) >= 11 is 0. The average Bonchev–Trinajstić information content (AvgIpc) is 2.30. The van der Waals surface area contributed by atoms with Crippen LogP contribution in [0.25, 0.3) is 11.1 Å². The highest BCUT2D eigenvalue weighted by Gasteiger charge is 2.02. The van der Waals surface area contributed by atoms with Crippen molar-refractivity contribution in [1.29, 1.82) is 0 Å². The lowest BCUT2D eigenvalue weighted by molar-refractivity contribution is 0.628. The van der Waals surface area contributed by atoms with Gasteiger partial charge in [0.2, 0.25) is 0 Å². The van der Waals surface area contributed by atoms with Crippen LogP contribution in [0.1, 0.15) is 25.5 Å². The maximum Gasteiger partial charge on any atom is 0.123 e. The van der Waals surface area contributed by atoms with Gasteiger partial charge in [0.15, 0.2) is 0 Å². The third-order valence-electron chi connectivity index (χ3n) is 2.56. The Labute approximate surface area is 95.0 Å². The fourth-order valence-corrected chi connectivity index (χ4v) is 1.56. The normalized spacial score (nSPS) is 10.8. The van der Waals surface area contributed by atoms with Crippen molar-refractivity contribution < 1.29 is 4.39 Å². The molecular formula is C14H14FN. The number of benzene rings is 1. The van der Waals surface area contributed by atoms with Crippen LogP contribution in [0.2, 0.25) is 0 Å². The first-order chi connectivity index (χ1) is 7.66. The van der Waals surface area contributed by atoms with Gasteiger partial charge >= 0.3 is 0 Å². The maximum atomic E-state index is 12.8. The molecule has 0 unspecified atom stereocenters. The van der Waals surface area contributed by atoms with E-state index in [1.54, 1.807) is 12.1 Å². The summed E-state index contributed by atoms with van der Waals surface area (Å²) in [5, 5.41) is 0. The standard InChI is InChI=1S/C14H14FN/c1-10(2)14-8-5-12(9-16-14)11-3-6-13(15)7-4-11/h3-10H,1-2H3. The monoisotopic (exact) mass is 215 g/mol. The lowest BCUT2D eigenvalue weighted by atomic mass is 10.1. The van der Waals surface area contributed by atoms with Crippen molar-refractivity contribution in [3.63, 3.8) is 0 Å². The zero-order chi connectivity index (χ0) is 11.5. The third kappa shape index (κ3) is 2.27. The van der Waals surface area contributed by atoms with Gasteiger partial charge < -0.3 is 0 Å². The van der Waals surface area contributed by atoms with Crippen molar-refractivity contribution in [2.45, 2.75) is 19.8 Å². The highest BCUT2D eigenvalue weighted by molar-refractivity contribution is 5.62. The van der Waals surface area contributed by atoms with Crippen LogP contribution in [0.4, 0.5) is 4.39 Å². The van der Waals surface area contributed by atoms with Gasteiger partial charge in [0.25, 0.3) is 0 Å². The van der Waals surface area contributed by atoms with Gasteiger partial charge in [-0.25, -0.2) is 4.39 Å². The summed E-state index contributed by atoms with van der Waals surface area (Å²) < 4.78 is 12.8. The van der Waals surface area contributed by atoms with E-state index in [1.807, 2.05) is 18.3 Å². The Hall–Kier alpha value is -1.70. The van der Waals surface area contributed by atoms with Gasteiger partial charge in [0.05, 0.1) is 0 Å². The first kappa shape index (κ1) is 10.8. The van der Waals surface area contributed by atoms with Crippen LogP contribution in [0.15, 0.2) is 42.6 Å². The molecule has 0 radical (unpaired) electrons. The number of hydrogen-bond acceptors (Lipinski definition) is 1. The van der Waals surface area contributed by atoms with E-state index in [-0.39, 0.29) is 5.82 Å². The molecule has 2 heteroatoms. The van der Waals surface area contributed by atoms with Gasteiger partial charge in [-0.05, 0) is 29.7 Å². The summed E-state index contributed by atoms with van der Waals surface area (Å²) in [7, 11) is 0. The molecule has 2 rings (SSSR count). The zero-order valence-corrected chi connectivity index (χ0v) is 9.44. The molecule has 0 aliphatic heterocycles. The highest BCUT2D eigenvalue weighted by atomic mass is 19.1. The minimum atomic E-state index is -0.212. The quantitative estimate of drug-likeness (QED) is 0.737. The van der Waals surface area contributed by atoms with E-state index in [9.17, 15) is 4.39 Å². The van der Waals surface area contributed by atoms with E-state index in [0.717, 1.165) is 16.8 Å². The van der Waals surface area contributed by atoms with Gasteiger partial charge in [0.1, 0.15) is 5.82 Å². The zero-order valence-electron chi connectivity index (χ0n) is 9.44. The Morgan fingerprint density at radius 1 is 0.938 bits per heavy atom. The molecule has 0 aliphatic carbocycles. The molecule has 16 heavy (non-hydrogen) atoms. The Balaban J connectivity index is 2.31. The summed E-state index contributed by atoms with van der Waals surface area (Å²) in [4.78, 5) is 4.38. The first-order valence-electron chi connectivity index (χ1n) is 5.38. The molecular weight excluding hydrogens is 201 g/mol. The number of nitrogens with zero attached hydrogens (tertiary/aromatic N) is 1. The molecule has 82 valence electrons. The average molecular weight is 215 g/mol. The number of halogens is 1. The van der Waals surface area contributed by atoms with Crippen molar-refractivity contribution in [3.05, 3.63) is 54.1 Å². The lowest BCUT2D eigenvalue weighted by Crippen LogP contribution is -1.91. The van der Waals surface area contributed by atoms with Crippen molar-refractivity contribution in [3.8, 4) is 11.1 Å². The minimum absolute atomic E-state index is 0.212. The van der Waals surface area contributed by atoms with Gasteiger partial charge in [-0.15, -0.1) is 0 Å². The summed E-state index contributed by atoms with van der Waals surface area (Å²) in [6, 6.07) is 10.5.